The van der Waals surface area contributed by atoms with Crippen LogP contribution in [0.1, 0.15) is 12.8 Å². The van der Waals surface area contributed by atoms with Crippen molar-refractivity contribution < 1.29 is 0 Å². The van der Waals surface area contributed by atoms with E-state index in [-0.39, 0.29) is 5.16 Å². The summed E-state index contributed by atoms with van der Waals surface area (Å²) in [5.41, 5.74) is 5.22. The van der Waals surface area contributed by atoms with Gasteiger partial charge in [-0.2, -0.15) is 0 Å². The number of nitrogens with one attached hydrogen (secondary N) is 1. The van der Waals surface area contributed by atoms with Crippen molar-refractivity contribution in [3.05, 3.63) is 11.2 Å². The molecule has 1 rings (SSSR count). The van der Waals surface area contributed by atoms with E-state index >= 15 is 0 Å². The Morgan fingerprint density at radius 1 is 1.45 bits per heavy atom. The molecular weight excluding hydrogens is 162 g/mol. The van der Waals surface area contributed by atoms with Crippen LogP contribution in [0.2, 0.25) is 0 Å². The molecule has 1 aliphatic rings. The van der Waals surface area contributed by atoms with Crippen LogP contribution in [0.25, 0.3) is 0 Å². The van der Waals surface area contributed by atoms with E-state index < -0.39 is 0 Å². The van der Waals surface area contributed by atoms with Gasteiger partial charge >= 0.3 is 0 Å². The molecule has 0 atom stereocenters. The van der Waals surface area contributed by atoms with Crippen LogP contribution in [0.15, 0.2) is 11.2 Å². The molecule has 0 aliphatic carbocycles. The summed E-state index contributed by atoms with van der Waals surface area (Å²) in [4.78, 5) is 1.97. The number of rotatable bonds is 1. The van der Waals surface area contributed by atoms with Gasteiger partial charge in [0.15, 0.2) is 0 Å². The average molecular weight is 174 g/mol. The van der Waals surface area contributed by atoms with E-state index in [1.54, 1.807) is 0 Å². The summed E-state index contributed by atoms with van der Waals surface area (Å²) in [6.45, 7) is 1.92. The molecule has 1 aliphatic heterocycles. The van der Waals surface area contributed by atoms with Crippen molar-refractivity contribution in [3.8, 4) is 0 Å². The number of hydrogen-bond acceptors (Lipinski definition) is 2. The van der Waals surface area contributed by atoms with E-state index in [1.807, 2.05) is 4.90 Å². The molecule has 4 heteroatoms. The lowest BCUT2D eigenvalue weighted by atomic mass is 10.4. The van der Waals surface area contributed by atoms with Gasteiger partial charge in [0.25, 0.3) is 0 Å². The van der Waals surface area contributed by atoms with Crippen LogP contribution < -0.4 is 5.73 Å². The normalized spacial score (nSPS) is 19.0. The van der Waals surface area contributed by atoms with Crippen molar-refractivity contribution in [3.63, 3.8) is 0 Å². The Balaban J connectivity index is 2.47. The maximum Gasteiger partial charge on any atom is 0.123 e. The SMILES string of the molecule is N=C(C=C(N)Cl)N1CCCC1. The number of amidine groups is 1. The summed E-state index contributed by atoms with van der Waals surface area (Å²) in [5.74, 6) is 0.426. The van der Waals surface area contributed by atoms with Gasteiger partial charge in [-0.3, -0.25) is 5.41 Å². The maximum absolute atomic E-state index is 7.50. The molecule has 0 aromatic heterocycles. The molecule has 11 heavy (non-hydrogen) atoms. The molecule has 0 radical (unpaired) electrons. The largest absolute Gasteiger partial charge is 0.389 e. The minimum Gasteiger partial charge on any atom is -0.389 e. The molecule has 0 unspecified atom stereocenters. The summed E-state index contributed by atoms with van der Waals surface area (Å²) in [6, 6.07) is 0. The molecule has 0 spiro atoms. The second-order valence-electron chi connectivity index (χ2n) is 2.61. The lowest BCUT2D eigenvalue weighted by molar-refractivity contribution is 0.519. The first-order valence-corrected chi connectivity index (χ1v) is 4.04. The highest BCUT2D eigenvalue weighted by Crippen LogP contribution is 2.08. The minimum absolute atomic E-state index is 0.182. The van der Waals surface area contributed by atoms with Crippen molar-refractivity contribution in [1.29, 1.82) is 5.41 Å². The lowest BCUT2D eigenvalue weighted by Crippen LogP contribution is -2.25. The van der Waals surface area contributed by atoms with Gasteiger partial charge in [-0.05, 0) is 12.8 Å². The van der Waals surface area contributed by atoms with Crippen LogP contribution >= 0.6 is 11.6 Å². The number of nitrogens with zero attached hydrogens (tertiary/aromatic N) is 1. The van der Waals surface area contributed by atoms with Crippen LogP contribution in [0.5, 0.6) is 0 Å². The summed E-state index contributed by atoms with van der Waals surface area (Å²) in [6.07, 6.45) is 3.81. The number of hydrogen-bond donors (Lipinski definition) is 2. The van der Waals surface area contributed by atoms with E-state index in [0.29, 0.717) is 5.84 Å². The molecule has 0 amide bonds. The third kappa shape index (κ3) is 2.42. The summed E-state index contributed by atoms with van der Waals surface area (Å²) >= 11 is 5.42. The van der Waals surface area contributed by atoms with Crippen LogP contribution in [-0.4, -0.2) is 23.8 Å². The third-order valence-corrected chi connectivity index (χ3v) is 1.83. The molecule has 1 saturated heterocycles. The van der Waals surface area contributed by atoms with E-state index in [4.69, 9.17) is 22.7 Å². The van der Waals surface area contributed by atoms with Crippen molar-refractivity contribution in [2.75, 3.05) is 13.1 Å². The fourth-order valence-corrected chi connectivity index (χ4v) is 1.28. The molecule has 0 aromatic rings. The molecule has 1 fully saturated rings. The second kappa shape index (κ2) is 3.62. The van der Waals surface area contributed by atoms with Crippen LogP contribution in [0.4, 0.5) is 0 Å². The second-order valence-corrected chi connectivity index (χ2v) is 3.05. The highest BCUT2D eigenvalue weighted by atomic mass is 35.5. The first-order chi connectivity index (χ1) is 5.20. The van der Waals surface area contributed by atoms with E-state index in [9.17, 15) is 0 Å². The molecule has 0 saturated carbocycles. The molecule has 1 heterocycles. The highest BCUT2D eigenvalue weighted by Gasteiger charge is 2.12. The average Bonchev–Trinajstić information content (AvgIpc) is 2.35. The van der Waals surface area contributed by atoms with Crippen molar-refractivity contribution >= 4 is 17.4 Å². The van der Waals surface area contributed by atoms with Crippen LogP contribution in [-0.2, 0) is 0 Å². The fraction of sp³-hybridized carbons (Fsp3) is 0.571. The van der Waals surface area contributed by atoms with Crippen molar-refractivity contribution in [2.45, 2.75) is 12.8 Å². The maximum atomic E-state index is 7.50. The summed E-state index contributed by atoms with van der Waals surface area (Å²) in [7, 11) is 0. The predicted octanol–water partition coefficient (Wildman–Crippen LogP) is 1.10. The van der Waals surface area contributed by atoms with Gasteiger partial charge < -0.3 is 10.6 Å². The van der Waals surface area contributed by atoms with Gasteiger partial charge in [0.05, 0.1) is 0 Å². The Morgan fingerprint density at radius 3 is 2.45 bits per heavy atom. The Hall–Kier alpha value is -0.700. The summed E-state index contributed by atoms with van der Waals surface area (Å²) in [5, 5.41) is 7.68. The number of halogens is 1. The van der Waals surface area contributed by atoms with Crippen LogP contribution in [0, 0.1) is 5.41 Å². The number of nitrogens with two attached hydrogens (primary N) is 1. The van der Waals surface area contributed by atoms with Gasteiger partial charge in [0.2, 0.25) is 0 Å². The van der Waals surface area contributed by atoms with Gasteiger partial charge in [0, 0.05) is 19.2 Å². The molecule has 62 valence electrons. The Morgan fingerprint density at radius 2 is 2.00 bits per heavy atom. The standard InChI is InChI=1S/C7H12ClN3/c8-6(9)5-7(10)11-3-1-2-4-11/h5,10H,1-4,9H2. The van der Waals surface area contributed by atoms with E-state index in [0.717, 1.165) is 13.1 Å². The van der Waals surface area contributed by atoms with E-state index in [1.165, 1.54) is 18.9 Å². The van der Waals surface area contributed by atoms with Crippen molar-refractivity contribution in [1.82, 2.24) is 4.90 Å². The number of likely N-dealkylation sites (tertiary alicyclic amines) is 1. The van der Waals surface area contributed by atoms with Crippen LogP contribution in [0.3, 0.4) is 0 Å². The zero-order valence-electron chi connectivity index (χ0n) is 6.31. The molecule has 0 bridgehead atoms. The van der Waals surface area contributed by atoms with Gasteiger partial charge in [-0.25, -0.2) is 0 Å². The molecule has 3 nitrogen and oxygen atoms in total. The Bertz CT molecular complexity index is 178. The lowest BCUT2D eigenvalue weighted by Gasteiger charge is -2.14. The first-order valence-electron chi connectivity index (χ1n) is 3.66. The minimum atomic E-state index is 0.182. The Labute approximate surface area is 71.3 Å². The van der Waals surface area contributed by atoms with E-state index in [2.05, 4.69) is 0 Å². The first kappa shape index (κ1) is 8.40. The van der Waals surface area contributed by atoms with Gasteiger partial charge in [-0.15, -0.1) is 0 Å². The van der Waals surface area contributed by atoms with Gasteiger partial charge in [-0.1, -0.05) is 11.6 Å². The zero-order valence-corrected chi connectivity index (χ0v) is 7.06. The topological polar surface area (TPSA) is 53.1 Å². The highest BCUT2D eigenvalue weighted by molar-refractivity contribution is 6.30. The molecular formula is C7H12ClN3. The molecule has 3 N–H and O–H groups in total. The molecule has 0 aromatic carbocycles. The predicted molar refractivity (Wildman–Crippen MR) is 46.7 cm³/mol. The quantitative estimate of drug-likeness (QED) is 0.355. The monoisotopic (exact) mass is 173 g/mol. The Kier molecular flexibility index (Phi) is 2.76. The third-order valence-electron chi connectivity index (χ3n) is 1.72. The summed E-state index contributed by atoms with van der Waals surface area (Å²) < 4.78 is 0. The van der Waals surface area contributed by atoms with Gasteiger partial charge in [0.1, 0.15) is 11.0 Å². The smallest absolute Gasteiger partial charge is 0.123 e. The van der Waals surface area contributed by atoms with Crippen molar-refractivity contribution in [2.24, 2.45) is 5.73 Å². The fourth-order valence-electron chi connectivity index (χ4n) is 1.18. The zero-order chi connectivity index (χ0) is 8.27.